The highest BCUT2D eigenvalue weighted by atomic mass is 16.5. The lowest BCUT2D eigenvalue weighted by Crippen LogP contribution is -2.30. The molecular weight excluding hydrogens is 284 g/mol. The van der Waals surface area contributed by atoms with Crippen molar-refractivity contribution in [3.63, 3.8) is 0 Å². The number of anilines is 1. The zero-order chi connectivity index (χ0) is 16.1. The third-order valence-corrected chi connectivity index (χ3v) is 4.35. The Bertz CT molecular complexity index is 637. The Morgan fingerprint density at radius 3 is 2.70 bits per heavy atom. The molecule has 0 amide bonds. The molecule has 0 saturated carbocycles. The van der Waals surface area contributed by atoms with E-state index in [1.165, 1.54) is 16.7 Å². The molecule has 122 valence electrons. The van der Waals surface area contributed by atoms with Gasteiger partial charge in [-0.3, -0.25) is 0 Å². The molecule has 0 spiro atoms. The fraction of sp³-hybridized carbons (Fsp3) is 0.400. The van der Waals surface area contributed by atoms with Gasteiger partial charge in [0.25, 0.3) is 0 Å². The van der Waals surface area contributed by atoms with Crippen LogP contribution >= 0.6 is 0 Å². The summed E-state index contributed by atoms with van der Waals surface area (Å²) in [6.45, 7) is 7.08. The lowest BCUT2D eigenvalue weighted by atomic mass is 10.1. The van der Waals surface area contributed by atoms with Crippen molar-refractivity contribution in [2.45, 2.75) is 39.3 Å². The Morgan fingerprint density at radius 2 is 1.91 bits per heavy atom. The SMILES string of the molecule is CCC1CNc2cc(CCNCc3ccc(C)cc3)ccc2O1. The molecule has 23 heavy (non-hydrogen) atoms. The normalized spacial score (nSPS) is 16.3. The maximum absolute atomic E-state index is 5.95. The molecule has 0 fully saturated rings. The predicted molar refractivity (Wildman–Crippen MR) is 96.2 cm³/mol. The summed E-state index contributed by atoms with van der Waals surface area (Å²) in [5.74, 6) is 0.986. The first kappa shape index (κ1) is 15.9. The Balaban J connectivity index is 1.48. The smallest absolute Gasteiger partial charge is 0.142 e. The lowest BCUT2D eigenvalue weighted by molar-refractivity contribution is 0.202. The zero-order valence-electron chi connectivity index (χ0n) is 14.1. The number of rotatable bonds is 6. The van der Waals surface area contributed by atoms with Gasteiger partial charge in [-0.2, -0.15) is 0 Å². The van der Waals surface area contributed by atoms with E-state index in [4.69, 9.17) is 4.74 Å². The quantitative estimate of drug-likeness (QED) is 0.794. The molecule has 0 radical (unpaired) electrons. The predicted octanol–water partition coefficient (Wildman–Crippen LogP) is 3.91. The van der Waals surface area contributed by atoms with E-state index in [9.17, 15) is 0 Å². The summed E-state index contributed by atoms with van der Waals surface area (Å²) in [6, 6.07) is 15.2. The van der Waals surface area contributed by atoms with Gasteiger partial charge in [0.2, 0.25) is 0 Å². The van der Waals surface area contributed by atoms with E-state index in [0.717, 1.165) is 43.9 Å². The van der Waals surface area contributed by atoms with E-state index in [1.807, 2.05) is 0 Å². The van der Waals surface area contributed by atoms with Crippen LogP contribution in [0.1, 0.15) is 30.0 Å². The van der Waals surface area contributed by atoms with Crippen molar-refractivity contribution in [1.82, 2.24) is 5.32 Å². The summed E-state index contributed by atoms with van der Waals surface area (Å²) < 4.78 is 5.95. The maximum Gasteiger partial charge on any atom is 0.142 e. The number of benzene rings is 2. The number of hydrogen-bond acceptors (Lipinski definition) is 3. The second-order valence-corrected chi connectivity index (χ2v) is 6.27. The molecule has 0 aliphatic carbocycles. The van der Waals surface area contributed by atoms with Crippen LogP contribution in [0.4, 0.5) is 5.69 Å². The van der Waals surface area contributed by atoms with Gasteiger partial charge in [-0.25, -0.2) is 0 Å². The van der Waals surface area contributed by atoms with E-state index in [2.05, 4.69) is 66.9 Å². The van der Waals surface area contributed by atoms with Crippen LogP contribution in [-0.4, -0.2) is 19.2 Å². The minimum Gasteiger partial charge on any atom is -0.486 e. The highest BCUT2D eigenvalue weighted by Gasteiger charge is 2.17. The molecule has 3 nitrogen and oxygen atoms in total. The first-order valence-electron chi connectivity index (χ1n) is 8.54. The number of nitrogens with one attached hydrogen (secondary N) is 2. The summed E-state index contributed by atoms with van der Waals surface area (Å²) in [7, 11) is 0. The van der Waals surface area contributed by atoms with Crippen molar-refractivity contribution in [3.05, 3.63) is 59.2 Å². The number of aryl methyl sites for hydroxylation is 1. The van der Waals surface area contributed by atoms with Crippen LogP contribution in [0.25, 0.3) is 0 Å². The first-order chi connectivity index (χ1) is 11.2. The van der Waals surface area contributed by atoms with Crippen molar-refractivity contribution in [2.24, 2.45) is 0 Å². The van der Waals surface area contributed by atoms with Gasteiger partial charge < -0.3 is 15.4 Å². The van der Waals surface area contributed by atoms with Crippen molar-refractivity contribution in [3.8, 4) is 5.75 Å². The standard InChI is InChI=1S/C20H26N2O/c1-3-18-14-22-19-12-16(8-9-20(19)23-18)10-11-21-13-17-6-4-15(2)5-7-17/h4-9,12,18,21-22H,3,10-11,13-14H2,1-2H3. The Morgan fingerprint density at radius 1 is 1.13 bits per heavy atom. The molecule has 1 atom stereocenters. The van der Waals surface area contributed by atoms with Gasteiger partial charge in [-0.05, 0) is 49.6 Å². The third-order valence-electron chi connectivity index (χ3n) is 4.35. The summed E-state index contributed by atoms with van der Waals surface area (Å²) in [6.07, 6.45) is 2.36. The van der Waals surface area contributed by atoms with E-state index in [-0.39, 0.29) is 0 Å². The summed E-state index contributed by atoms with van der Waals surface area (Å²) in [5.41, 5.74) is 5.11. The molecule has 2 N–H and O–H groups in total. The molecule has 1 aliphatic rings. The Kier molecular flexibility index (Phi) is 5.19. The number of ether oxygens (including phenoxy) is 1. The van der Waals surface area contributed by atoms with Crippen molar-refractivity contribution in [1.29, 1.82) is 0 Å². The summed E-state index contributed by atoms with van der Waals surface area (Å²) in [5, 5.41) is 6.99. The summed E-state index contributed by atoms with van der Waals surface area (Å²) >= 11 is 0. The van der Waals surface area contributed by atoms with Crippen LogP contribution in [0.5, 0.6) is 5.75 Å². The molecule has 3 rings (SSSR count). The van der Waals surface area contributed by atoms with Crippen molar-refractivity contribution < 1.29 is 4.74 Å². The number of hydrogen-bond donors (Lipinski definition) is 2. The Hall–Kier alpha value is -2.00. The van der Waals surface area contributed by atoms with Crippen LogP contribution in [0, 0.1) is 6.92 Å². The van der Waals surface area contributed by atoms with Gasteiger partial charge in [0, 0.05) is 6.54 Å². The average Bonchev–Trinajstić information content (AvgIpc) is 2.59. The number of fused-ring (bicyclic) bond motifs is 1. The van der Waals surface area contributed by atoms with Gasteiger partial charge in [0.1, 0.15) is 11.9 Å². The molecule has 0 aromatic heterocycles. The molecule has 0 saturated heterocycles. The average molecular weight is 310 g/mol. The van der Waals surface area contributed by atoms with Gasteiger partial charge in [-0.1, -0.05) is 42.8 Å². The van der Waals surface area contributed by atoms with Crippen LogP contribution in [0.15, 0.2) is 42.5 Å². The topological polar surface area (TPSA) is 33.3 Å². The first-order valence-corrected chi connectivity index (χ1v) is 8.54. The highest BCUT2D eigenvalue weighted by Crippen LogP contribution is 2.30. The third kappa shape index (κ3) is 4.26. The van der Waals surface area contributed by atoms with Gasteiger partial charge in [0.05, 0.1) is 12.2 Å². The molecule has 2 aromatic carbocycles. The largest absolute Gasteiger partial charge is 0.486 e. The second kappa shape index (κ2) is 7.51. The van der Waals surface area contributed by atoms with Crippen molar-refractivity contribution >= 4 is 5.69 Å². The Labute approximate surface area is 139 Å². The molecular formula is C20H26N2O. The van der Waals surface area contributed by atoms with Gasteiger partial charge in [-0.15, -0.1) is 0 Å². The fourth-order valence-corrected chi connectivity index (χ4v) is 2.82. The maximum atomic E-state index is 5.95. The molecule has 1 aliphatic heterocycles. The van der Waals surface area contributed by atoms with E-state index in [0.29, 0.717) is 6.10 Å². The molecule has 2 aromatic rings. The van der Waals surface area contributed by atoms with Crippen LogP contribution in [0.2, 0.25) is 0 Å². The van der Waals surface area contributed by atoms with Gasteiger partial charge in [0.15, 0.2) is 0 Å². The molecule has 3 heteroatoms. The lowest BCUT2D eigenvalue weighted by Gasteiger charge is -2.27. The fourth-order valence-electron chi connectivity index (χ4n) is 2.82. The van der Waals surface area contributed by atoms with E-state index < -0.39 is 0 Å². The van der Waals surface area contributed by atoms with Crippen LogP contribution in [0.3, 0.4) is 0 Å². The van der Waals surface area contributed by atoms with E-state index in [1.54, 1.807) is 0 Å². The molecule has 1 unspecified atom stereocenters. The van der Waals surface area contributed by atoms with Crippen molar-refractivity contribution in [2.75, 3.05) is 18.4 Å². The minimum absolute atomic E-state index is 0.296. The molecule has 1 heterocycles. The van der Waals surface area contributed by atoms with Crippen LogP contribution in [-0.2, 0) is 13.0 Å². The van der Waals surface area contributed by atoms with E-state index >= 15 is 0 Å². The monoisotopic (exact) mass is 310 g/mol. The highest BCUT2D eigenvalue weighted by molar-refractivity contribution is 5.59. The second-order valence-electron chi connectivity index (χ2n) is 6.27. The minimum atomic E-state index is 0.296. The molecule has 0 bridgehead atoms. The summed E-state index contributed by atoms with van der Waals surface area (Å²) in [4.78, 5) is 0. The van der Waals surface area contributed by atoms with Gasteiger partial charge >= 0.3 is 0 Å². The van der Waals surface area contributed by atoms with Crippen LogP contribution < -0.4 is 15.4 Å². The zero-order valence-corrected chi connectivity index (χ0v) is 14.1.